The van der Waals surface area contributed by atoms with Crippen molar-refractivity contribution in [2.75, 3.05) is 0 Å². The van der Waals surface area contributed by atoms with Gasteiger partial charge in [-0.05, 0) is 58.1 Å². The minimum atomic E-state index is -2.38. The quantitative estimate of drug-likeness (QED) is 0.826. The predicted molar refractivity (Wildman–Crippen MR) is 93.4 cm³/mol. The molecule has 4 heteroatoms. The second kappa shape index (κ2) is 5.88. The fraction of sp³-hybridized carbons (Fsp3) is 0.556. The molecular formula is C18H26N2OS. The van der Waals surface area contributed by atoms with Crippen LogP contribution in [0.1, 0.15) is 64.1 Å². The van der Waals surface area contributed by atoms with E-state index >= 15 is 0 Å². The average molecular weight is 318 g/mol. The zero-order chi connectivity index (χ0) is 16.6. The SMILES string of the molecule is [CH]S(O)(N[C@@H](C)c1ccc(C2(C#N)CCC2)cc1)C(C)(C)C. The number of rotatable bonds is 4. The Hall–Kier alpha value is -1.02. The van der Waals surface area contributed by atoms with Gasteiger partial charge in [0.25, 0.3) is 0 Å². The van der Waals surface area contributed by atoms with Gasteiger partial charge in [0.1, 0.15) is 0 Å². The number of nitriles is 1. The highest BCUT2D eigenvalue weighted by Gasteiger charge is 2.39. The van der Waals surface area contributed by atoms with Gasteiger partial charge in [0.2, 0.25) is 0 Å². The molecule has 1 aromatic carbocycles. The van der Waals surface area contributed by atoms with E-state index in [2.05, 4.69) is 10.8 Å². The highest BCUT2D eigenvalue weighted by atomic mass is 32.3. The molecule has 120 valence electrons. The maximum Gasteiger partial charge on any atom is 0.0822 e. The van der Waals surface area contributed by atoms with Crippen LogP contribution in [-0.4, -0.2) is 9.30 Å². The summed E-state index contributed by atoms with van der Waals surface area (Å²) in [5.41, 5.74) is 1.89. The monoisotopic (exact) mass is 318 g/mol. The summed E-state index contributed by atoms with van der Waals surface area (Å²) in [7, 11) is -2.38. The highest BCUT2D eigenvalue weighted by molar-refractivity contribution is 8.29. The lowest BCUT2D eigenvalue weighted by molar-refractivity contribution is 0.324. The molecule has 0 amide bonds. The summed E-state index contributed by atoms with van der Waals surface area (Å²) >= 11 is 0. The third kappa shape index (κ3) is 3.17. The summed E-state index contributed by atoms with van der Waals surface area (Å²) in [4.78, 5) is 0. The lowest BCUT2D eigenvalue weighted by Crippen LogP contribution is -2.35. The summed E-state index contributed by atoms with van der Waals surface area (Å²) < 4.78 is 13.2. The first-order valence-electron chi connectivity index (χ1n) is 7.73. The van der Waals surface area contributed by atoms with Gasteiger partial charge in [-0.3, -0.25) is 4.72 Å². The van der Waals surface area contributed by atoms with Crippen molar-refractivity contribution >= 4 is 10.5 Å². The normalized spacial score (nSPS) is 22.8. The van der Waals surface area contributed by atoms with E-state index < -0.39 is 15.2 Å². The molecule has 2 atom stereocenters. The smallest absolute Gasteiger partial charge is 0.0822 e. The van der Waals surface area contributed by atoms with E-state index in [0.29, 0.717) is 0 Å². The summed E-state index contributed by atoms with van der Waals surface area (Å²) in [6.45, 7) is 7.78. The van der Waals surface area contributed by atoms with Crippen molar-refractivity contribution in [3.8, 4) is 6.07 Å². The number of nitrogens with zero attached hydrogens (tertiary/aromatic N) is 1. The van der Waals surface area contributed by atoms with E-state index in [1.165, 1.54) is 0 Å². The molecule has 0 aromatic heterocycles. The van der Waals surface area contributed by atoms with Crippen LogP contribution in [0, 0.1) is 17.6 Å². The zero-order valence-corrected chi connectivity index (χ0v) is 14.7. The number of benzene rings is 1. The van der Waals surface area contributed by atoms with Crippen LogP contribution in [0.25, 0.3) is 0 Å². The van der Waals surface area contributed by atoms with Crippen LogP contribution in [0.5, 0.6) is 0 Å². The van der Waals surface area contributed by atoms with Gasteiger partial charge in [-0.15, -0.1) is 0 Å². The van der Waals surface area contributed by atoms with Crippen molar-refractivity contribution in [3.05, 3.63) is 41.6 Å². The molecule has 1 unspecified atom stereocenters. The summed E-state index contributed by atoms with van der Waals surface area (Å²) in [5, 5.41) is 9.40. The molecule has 0 saturated heterocycles. The van der Waals surface area contributed by atoms with Gasteiger partial charge in [0.05, 0.1) is 17.7 Å². The molecule has 0 bridgehead atoms. The molecule has 0 aliphatic heterocycles. The second-order valence-electron chi connectivity index (χ2n) is 7.25. The van der Waals surface area contributed by atoms with Crippen molar-refractivity contribution in [2.24, 2.45) is 0 Å². The van der Waals surface area contributed by atoms with E-state index in [1.807, 2.05) is 52.0 Å². The topological polar surface area (TPSA) is 56.0 Å². The molecule has 3 nitrogen and oxygen atoms in total. The van der Waals surface area contributed by atoms with E-state index in [4.69, 9.17) is 6.26 Å². The van der Waals surface area contributed by atoms with Gasteiger partial charge in [0.15, 0.2) is 0 Å². The first-order valence-corrected chi connectivity index (χ1v) is 9.39. The molecule has 2 N–H and O–H groups in total. The summed E-state index contributed by atoms with van der Waals surface area (Å²) in [6.07, 6.45) is 9.10. The Morgan fingerprint density at radius 2 is 1.86 bits per heavy atom. The minimum absolute atomic E-state index is 0.0438. The Morgan fingerprint density at radius 1 is 1.32 bits per heavy atom. The Bertz CT molecular complexity index is 562. The molecule has 1 fully saturated rings. The van der Waals surface area contributed by atoms with Crippen LogP contribution in [-0.2, 0) is 5.41 Å². The molecule has 22 heavy (non-hydrogen) atoms. The number of hydrogen-bond acceptors (Lipinski definition) is 3. The van der Waals surface area contributed by atoms with E-state index in [9.17, 15) is 9.81 Å². The molecule has 1 aromatic rings. The summed E-state index contributed by atoms with van der Waals surface area (Å²) in [5.74, 6) is 0. The standard InChI is InChI=1S/C18H26N2OS/c1-14(20-22(5,21)17(2,3)4)15-7-9-16(10-8-15)18(13-19)11-6-12-18/h5,7-10,14,20-21H,6,11-12H2,1-4H3/t14-/m0/s1. The van der Waals surface area contributed by atoms with Crippen molar-refractivity contribution in [1.29, 1.82) is 5.26 Å². The average Bonchev–Trinajstić information content (AvgIpc) is 2.37. The van der Waals surface area contributed by atoms with Crippen LogP contribution in [0.4, 0.5) is 0 Å². The molecular weight excluding hydrogens is 292 g/mol. The Balaban J connectivity index is 2.12. The Labute approximate surface area is 136 Å². The van der Waals surface area contributed by atoms with Gasteiger partial charge in [-0.2, -0.15) is 5.26 Å². The van der Waals surface area contributed by atoms with E-state index in [1.54, 1.807) is 0 Å². The zero-order valence-electron chi connectivity index (χ0n) is 13.9. The molecule has 1 aliphatic rings. The van der Waals surface area contributed by atoms with E-state index in [-0.39, 0.29) is 11.5 Å². The Morgan fingerprint density at radius 3 is 2.23 bits per heavy atom. The molecule has 2 radical (unpaired) electrons. The number of hydrogen-bond donors (Lipinski definition) is 2. The van der Waals surface area contributed by atoms with Crippen LogP contribution in [0.15, 0.2) is 24.3 Å². The lowest BCUT2D eigenvalue weighted by atomic mass is 9.65. The molecule has 1 aliphatic carbocycles. The molecule has 0 spiro atoms. The molecule has 2 rings (SSSR count). The van der Waals surface area contributed by atoms with Gasteiger partial charge in [-0.1, -0.05) is 34.8 Å². The van der Waals surface area contributed by atoms with Crippen molar-refractivity contribution in [2.45, 2.75) is 63.2 Å². The predicted octanol–water partition coefficient (Wildman–Crippen LogP) is 4.94. The third-order valence-corrected chi connectivity index (χ3v) is 7.25. The van der Waals surface area contributed by atoms with Crippen molar-refractivity contribution in [3.63, 3.8) is 0 Å². The van der Waals surface area contributed by atoms with Gasteiger partial charge < -0.3 is 4.55 Å². The largest absolute Gasteiger partial charge is 0.337 e. The van der Waals surface area contributed by atoms with Crippen LogP contribution < -0.4 is 4.72 Å². The van der Waals surface area contributed by atoms with Crippen molar-refractivity contribution in [1.82, 2.24) is 4.72 Å². The molecule has 1 saturated carbocycles. The second-order valence-corrected chi connectivity index (χ2v) is 9.96. The fourth-order valence-corrected chi connectivity index (χ4v) is 3.63. The van der Waals surface area contributed by atoms with Crippen LogP contribution >= 0.6 is 10.5 Å². The van der Waals surface area contributed by atoms with Crippen LogP contribution in [0.2, 0.25) is 0 Å². The fourth-order valence-electron chi connectivity index (χ4n) is 2.60. The van der Waals surface area contributed by atoms with Gasteiger partial charge in [-0.25, -0.2) is 0 Å². The minimum Gasteiger partial charge on any atom is -0.337 e. The Kier molecular flexibility index (Phi) is 4.64. The molecule has 0 heterocycles. The highest BCUT2D eigenvalue weighted by Crippen LogP contribution is 2.52. The van der Waals surface area contributed by atoms with Gasteiger partial charge in [0, 0.05) is 10.8 Å². The van der Waals surface area contributed by atoms with Crippen molar-refractivity contribution < 1.29 is 4.55 Å². The summed E-state index contributed by atoms with van der Waals surface area (Å²) in [6, 6.07) is 10.6. The number of nitrogens with one attached hydrogen (secondary N) is 1. The van der Waals surface area contributed by atoms with Crippen LogP contribution in [0.3, 0.4) is 0 Å². The third-order valence-electron chi connectivity index (χ3n) is 4.67. The lowest BCUT2D eigenvalue weighted by Gasteiger charge is -2.44. The first-order chi connectivity index (χ1) is 10.1. The first kappa shape index (κ1) is 17.3. The van der Waals surface area contributed by atoms with E-state index in [0.717, 1.165) is 30.4 Å². The van der Waals surface area contributed by atoms with Gasteiger partial charge >= 0.3 is 0 Å². The maximum atomic E-state index is 10.5. The maximum absolute atomic E-state index is 10.5.